The van der Waals surface area contributed by atoms with E-state index in [1.165, 1.54) is 4.90 Å². The zero-order chi connectivity index (χ0) is 14.0. The lowest BCUT2D eigenvalue weighted by atomic mass is 10.1. The Balaban J connectivity index is 2.31. The molecule has 1 heterocycles. The predicted octanol–water partition coefficient (Wildman–Crippen LogP) is 0.926. The Bertz CT molecular complexity index is 519. The van der Waals surface area contributed by atoms with Crippen LogP contribution in [0.25, 0.3) is 0 Å². The number of benzene rings is 1. The van der Waals surface area contributed by atoms with Crippen LogP contribution in [-0.4, -0.2) is 42.5 Å². The monoisotopic (exact) mass is 374 g/mol. The summed E-state index contributed by atoms with van der Waals surface area (Å²) in [6.07, 6.45) is 0. The van der Waals surface area contributed by atoms with Gasteiger partial charge < -0.3 is 15.4 Å². The summed E-state index contributed by atoms with van der Waals surface area (Å²) in [6, 6.07) is 4.87. The molecule has 1 aliphatic rings. The number of hydrogen-bond acceptors (Lipinski definition) is 3. The summed E-state index contributed by atoms with van der Waals surface area (Å²) in [4.78, 5) is 25.4. The molecule has 1 unspecified atom stereocenters. The Morgan fingerprint density at radius 2 is 2.21 bits per heavy atom. The van der Waals surface area contributed by atoms with E-state index in [1.807, 2.05) is 19.1 Å². The molecule has 2 amide bonds. The summed E-state index contributed by atoms with van der Waals surface area (Å²) in [5, 5.41) is 0. The van der Waals surface area contributed by atoms with Gasteiger partial charge in [-0.3, -0.25) is 9.59 Å². The molecule has 1 aromatic rings. The second-order valence-electron chi connectivity index (χ2n) is 4.43. The van der Waals surface area contributed by atoms with Crippen LogP contribution in [0.5, 0.6) is 0 Å². The molecule has 0 saturated carbocycles. The van der Waals surface area contributed by atoms with E-state index < -0.39 is 11.9 Å². The summed E-state index contributed by atoms with van der Waals surface area (Å²) in [6.45, 7) is 2.93. The summed E-state index contributed by atoms with van der Waals surface area (Å²) < 4.78 is 6.12. The van der Waals surface area contributed by atoms with Gasteiger partial charge in [0, 0.05) is 10.1 Å². The number of morpholine rings is 1. The zero-order valence-corrected chi connectivity index (χ0v) is 12.7. The molecule has 1 fully saturated rings. The van der Waals surface area contributed by atoms with Gasteiger partial charge in [-0.25, -0.2) is 0 Å². The largest absolute Gasteiger partial charge is 0.377 e. The minimum atomic E-state index is -0.683. The van der Waals surface area contributed by atoms with Crippen LogP contribution >= 0.6 is 22.6 Å². The molecular weight excluding hydrogens is 359 g/mol. The number of carbonyl (C=O) groups is 2. The molecule has 0 spiro atoms. The highest BCUT2D eigenvalue weighted by atomic mass is 127. The first kappa shape index (κ1) is 14.3. The average Bonchev–Trinajstić information content (AvgIpc) is 2.41. The van der Waals surface area contributed by atoms with Crippen molar-refractivity contribution in [2.45, 2.75) is 13.0 Å². The van der Waals surface area contributed by atoms with Gasteiger partial charge in [0.15, 0.2) is 0 Å². The van der Waals surface area contributed by atoms with Crippen LogP contribution in [0.1, 0.15) is 15.9 Å². The number of halogens is 1. The molecule has 2 N–H and O–H groups in total. The lowest BCUT2D eigenvalue weighted by Gasteiger charge is -2.33. The van der Waals surface area contributed by atoms with Crippen molar-refractivity contribution in [1.29, 1.82) is 0 Å². The number of ether oxygens (including phenoxy) is 1. The van der Waals surface area contributed by atoms with Gasteiger partial charge in [-0.2, -0.15) is 0 Å². The number of primary amides is 1. The van der Waals surface area contributed by atoms with Gasteiger partial charge in [0.05, 0.1) is 18.8 Å². The predicted molar refractivity (Wildman–Crippen MR) is 78.7 cm³/mol. The summed E-state index contributed by atoms with van der Waals surface area (Å²) in [7, 11) is 0. The molecule has 0 radical (unpaired) electrons. The Morgan fingerprint density at radius 3 is 2.89 bits per heavy atom. The highest BCUT2D eigenvalue weighted by Crippen LogP contribution is 2.20. The van der Waals surface area contributed by atoms with Crippen molar-refractivity contribution in [3.05, 3.63) is 32.9 Å². The number of aryl methyl sites for hydroxylation is 1. The Morgan fingerprint density at radius 1 is 1.47 bits per heavy atom. The van der Waals surface area contributed by atoms with Gasteiger partial charge in [0.2, 0.25) is 5.91 Å². The summed E-state index contributed by atoms with van der Waals surface area (Å²) in [5.41, 5.74) is 6.97. The first-order valence-electron chi connectivity index (χ1n) is 5.95. The Labute approximate surface area is 125 Å². The van der Waals surface area contributed by atoms with Crippen LogP contribution in [0.4, 0.5) is 0 Å². The lowest BCUT2D eigenvalue weighted by Crippen LogP contribution is -2.54. The number of hydrogen-bond donors (Lipinski definition) is 1. The van der Waals surface area contributed by atoms with Gasteiger partial charge in [0.25, 0.3) is 5.91 Å². The third kappa shape index (κ3) is 2.89. The summed E-state index contributed by atoms with van der Waals surface area (Å²) in [5.74, 6) is -0.698. The van der Waals surface area contributed by atoms with E-state index >= 15 is 0 Å². The van der Waals surface area contributed by atoms with Crippen molar-refractivity contribution in [3.63, 3.8) is 0 Å². The number of carbonyl (C=O) groups excluding carboxylic acids is 2. The molecule has 6 heteroatoms. The van der Waals surface area contributed by atoms with E-state index in [0.717, 1.165) is 9.13 Å². The van der Waals surface area contributed by atoms with Gasteiger partial charge >= 0.3 is 0 Å². The molecule has 0 bridgehead atoms. The van der Waals surface area contributed by atoms with E-state index in [9.17, 15) is 9.59 Å². The zero-order valence-electron chi connectivity index (χ0n) is 10.6. The maximum absolute atomic E-state index is 12.5. The Kier molecular flexibility index (Phi) is 4.41. The van der Waals surface area contributed by atoms with Crippen LogP contribution in [0.15, 0.2) is 18.2 Å². The highest BCUT2D eigenvalue weighted by molar-refractivity contribution is 14.1. The number of nitrogens with two attached hydrogens (primary N) is 1. The third-order valence-corrected chi connectivity index (χ3v) is 4.57. The maximum Gasteiger partial charge on any atom is 0.255 e. The molecule has 0 aliphatic carbocycles. The van der Waals surface area contributed by atoms with Crippen LogP contribution in [0.2, 0.25) is 0 Å². The van der Waals surface area contributed by atoms with Crippen molar-refractivity contribution in [2.24, 2.45) is 5.73 Å². The first-order valence-corrected chi connectivity index (χ1v) is 7.03. The lowest BCUT2D eigenvalue weighted by molar-refractivity contribution is -0.127. The first-order chi connectivity index (χ1) is 9.02. The second-order valence-corrected chi connectivity index (χ2v) is 5.51. The number of rotatable bonds is 2. The van der Waals surface area contributed by atoms with Crippen LogP contribution in [-0.2, 0) is 9.53 Å². The van der Waals surface area contributed by atoms with E-state index in [0.29, 0.717) is 18.7 Å². The van der Waals surface area contributed by atoms with Gasteiger partial charge in [-0.15, -0.1) is 0 Å². The van der Waals surface area contributed by atoms with E-state index in [2.05, 4.69) is 22.6 Å². The summed E-state index contributed by atoms with van der Waals surface area (Å²) >= 11 is 2.15. The molecule has 5 nitrogen and oxygen atoms in total. The standard InChI is InChI=1S/C13H15IN2O3/c1-8-3-2-4-9(11(8)14)13(18)16-5-6-19-7-10(16)12(15)17/h2-4,10H,5-7H2,1H3,(H2,15,17). The second kappa shape index (κ2) is 5.87. The molecule has 1 saturated heterocycles. The van der Waals surface area contributed by atoms with Gasteiger partial charge in [-0.1, -0.05) is 12.1 Å². The van der Waals surface area contributed by atoms with Gasteiger partial charge in [0.1, 0.15) is 6.04 Å². The van der Waals surface area contributed by atoms with Gasteiger partial charge in [-0.05, 0) is 41.1 Å². The number of nitrogens with zero attached hydrogens (tertiary/aromatic N) is 1. The van der Waals surface area contributed by atoms with Crippen molar-refractivity contribution in [1.82, 2.24) is 4.90 Å². The van der Waals surface area contributed by atoms with E-state index in [4.69, 9.17) is 10.5 Å². The molecule has 2 rings (SSSR count). The van der Waals surface area contributed by atoms with Crippen molar-refractivity contribution in [3.8, 4) is 0 Å². The minimum Gasteiger partial charge on any atom is -0.377 e. The maximum atomic E-state index is 12.5. The smallest absolute Gasteiger partial charge is 0.255 e. The fourth-order valence-electron chi connectivity index (χ4n) is 2.05. The fraction of sp³-hybridized carbons (Fsp3) is 0.385. The fourth-order valence-corrected chi connectivity index (χ4v) is 2.64. The number of amides is 2. The van der Waals surface area contributed by atoms with Crippen molar-refractivity contribution < 1.29 is 14.3 Å². The topological polar surface area (TPSA) is 72.6 Å². The van der Waals surface area contributed by atoms with Crippen LogP contribution in [0.3, 0.4) is 0 Å². The molecule has 1 atom stereocenters. The molecule has 1 aromatic carbocycles. The Hall–Kier alpha value is -1.15. The van der Waals surface area contributed by atoms with Crippen LogP contribution < -0.4 is 5.73 Å². The van der Waals surface area contributed by atoms with Crippen molar-refractivity contribution >= 4 is 34.4 Å². The SMILES string of the molecule is Cc1cccc(C(=O)N2CCOCC2C(N)=O)c1I. The molecule has 0 aromatic heterocycles. The van der Waals surface area contributed by atoms with E-state index in [1.54, 1.807) is 6.07 Å². The third-order valence-electron chi connectivity index (χ3n) is 3.14. The molecule has 19 heavy (non-hydrogen) atoms. The van der Waals surface area contributed by atoms with Crippen molar-refractivity contribution in [2.75, 3.05) is 19.8 Å². The molecular formula is C13H15IN2O3. The molecule has 102 valence electrons. The van der Waals surface area contributed by atoms with E-state index in [-0.39, 0.29) is 12.5 Å². The normalized spacial score (nSPS) is 19.3. The minimum absolute atomic E-state index is 0.166. The quantitative estimate of drug-likeness (QED) is 0.783. The van der Waals surface area contributed by atoms with Crippen LogP contribution in [0, 0.1) is 10.5 Å². The average molecular weight is 374 g/mol. The molecule has 1 aliphatic heterocycles. The highest BCUT2D eigenvalue weighted by Gasteiger charge is 2.32.